The smallest absolute Gasteiger partial charge is 0.257 e. The van der Waals surface area contributed by atoms with Gasteiger partial charge in [0, 0.05) is 48.5 Å². The summed E-state index contributed by atoms with van der Waals surface area (Å²) >= 11 is 0. The van der Waals surface area contributed by atoms with E-state index in [2.05, 4.69) is 20.6 Å². The first-order valence-electron chi connectivity index (χ1n) is 11.5. The molecule has 0 spiro atoms. The minimum Gasteiger partial charge on any atom is -0.487 e. The molecule has 35 heavy (non-hydrogen) atoms. The van der Waals surface area contributed by atoms with Crippen LogP contribution in [0.5, 0.6) is 5.75 Å². The number of benzene rings is 1. The summed E-state index contributed by atoms with van der Waals surface area (Å²) in [5.41, 5.74) is 2.95. The third kappa shape index (κ3) is 5.16. The molecule has 2 aliphatic rings. The molecule has 4 atom stereocenters. The highest BCUT2D eigenvalue weighted by Gasteiger charge is 2.46. The van der Waals surface area contributed by atoms with E-state index in [9.17, 15) is 14.7 Å². The fourth-order valence-electron chi connectivity index (χ4n) is 4.65. The highest BCUT2D eigenvalue weighted by molar-refractivity contribution is 6.04. The van der Waals surface area contributed by atoms with Gasteiger partial charge >= 0.3 is 0 Å². The number of nitrogens with one attached hydrogen (secondary N) is 2. The molecule has 0 saturated carbocycles. The number of aliphatic hydroxyl groups is 1. The van der Waals surface area contributed by atoms with Crippen LogP contribution in [0.15, 0.2) is 67.3 Å². The normalized spacial score (nSPS) is 22.4. The third-order valence-corrected chi connectivity index (χ3v) is 6.31. The standard InChI is InChI=1S/C26H26N4O5/c31-15-23-25-21(10-19(34-23)11-24(32)29-13-16-3-1-7-27-12-16)20-9-18(5-6-22(20)35-25)30-26(33)17-4-2-8-28-14-17/h1-9,12,14,19,21,23,25,31H,10-11,13,15H2,(H,29,32)(H,30,33)/t19-,21+,23+,25-/m1/s1. The molecule has 3 aromatic rings. The van der Waals surface area contributed by atoms with Gasteiger partial charge < -0.3 is 25.2 Å². The number of hydrogen-bond acceptors (Lipinski definition) is 7. The number of rotatable bonds is 7. The lowest BCUT2D eigenvalue weighted by atomic mass is 9.84. The van der Waals surface area contributed by atoms with Crippen molar-refractivity contribution in [3.05, 3.63) is 83.9 Å². The summed E-state index contributed by atoms with van der Waals surface area (Å²) in [6.45, 7) is 0.175. The number of carbonyl (C=O) groups is 2. The number of fused-ring (bicyclic) bond motifs is 3. The van der Waals surface area contributed by atoms with Crippen molar-refractivity contribution in [2.75, 3.05) is 11.9 Å². The van der Waals surface area contributed by atoms with E-state index in [1.165, 1.54) is 6.20 Å². The van der Waals surface area contributed by atoms with E-state index in [0.717, 1.165) is 11.1 Å². The number of aliphatic hydroxyl groups excluding tert-OH is 1. The van der Waals surface area contributed by atoms with Crippen LogP contribution in [-0.2, 0) is 16.1 Å². The first kappa shape index (κ1) is 22.9. The van der Waals surface area contributed by atoms with Gasteiger partial charge in [0.15, 0.2) is 0 Å². The molecule has 5 rings (SSSR count). The maximum absolute atomic E-state index is 12.6. The molecule has 9 heteroatoms. The first-order chi connectivity index (χ1) is 17.1. The highest BCUT2D eigenvalue weighted by atomic mass is 16.6. The van der Waals surface area contributed by atoms with Gasteiger partial charge in [0.05, 0.1) is 24.7 Å². The largest absolute Gasteiger partial charge is 0.487 e. The average Bonchev–Trinajstić information content (AvgIpc) is 3.26. The van der Waals surface area contributed by atoms with Crippen molar-refractivity contribution in [3.63, 3.8) is 0 Å². The quantitative estimate of drug-likeness (QED) is 0.481. The Morgan fingerprint density at radius 3 is 2.66 bits per heavy atom. The molecule has 0 radical (unpaired) electrons. The van der Waals surface area contributed by atoms with Crippen LogP contribution in [0.4, 0.5) is 5.69 Å². The van der Waals surface area contributed by atoms with Crippen LogP contribution in [0.25, 0.3) is 0 Å². The van der Waals surface area contributed by atoms with Gasteiger partial charge in [0.25, 0.3) is 5.91 Å². The Bertz CT molecular complexity index is 1190. The van der Waals surface area contributed by atoms with Crippen LogP contribution in [0.1, 0.15) is 40.2 Å². The van der Waals surface area contributed by atoms with E-state index in [0.29, 0.717) is 30.0 Å². The summed E-state index contributed by atoms with van der Waals surface area (Å²) in [5, 5.41) is 15.7. The Hall–Kier alpha value is -3.82. The second-order valence-electron chi connectivity index (χ2n) is 8.69. The number of aromatic nitrogens is 2. The Morgan fingerprint density at radius 2 is 1.91 bits per heavy atom. The lowest BCUT2D eigenvalue weighted by Gasteiger charge is -2.37. The average molecular weight is 475 g/mol. The molecule has 1 aromatic carbocycles. The molecule has 3 N–H and O–H groups in total. The van der Waals surface area contributed by atoms with Crippen LogP contribution < -0.4 is 15.4 Å². The maximum atomic E-state index is 12.6. The number of nitrogens with zero attached hydrogens (tertiary/aromatic N) is 2. The number of anilines is 1. The van der Waals surface area contributed by atoms with Gasteiger partial charge in [-0.25, -0.2) is 0 Å². The summed E-state index contributed by atoms with van der Waals surface area (Å²) in [6.07, 6.45) is 5.98. The van der Waals surface area contributed by atoms with Crippen molar-refractivity contribution in [2.45, 2.75) is 43.6 Å². The van der Waals surface area contributed by atoms with Crippen molar-refractivity contribution < 1.29 is 24.2 Å². The lowest BCUT2D eigenvalue weighted by Crippen LogP contribution is -2.47. The molecule has 4 heterocycles. The van der Waals surface area contributed by atoms with Gasteiger partial charge in [0.2, 0.25) is 5.91 Å². The molecule has 0 unspecified atom stereocenters. The number of ether oxygens (including phenoxy) is 2. The van der Waals surface area contributed by atoms with Crippen LogP contribution in [0.2, 0.25) is 0 Å². The second kappa shape index (κ2) is 10.2. The molecule has 2 aromatic heterocycles. The Balaban J connectivity index is 1.26. The van der Waals surface area contributed by atoms with Gasteiger partial charge in [-0.1, -0.05) is 6.07 Å². The van der Waals surface area contributed by atoms with Crippen LogP contribution >= 0.6 is 0 Å². The molecule has 2 amide bonds. The van der Waals surface area contributed by atoms with Gasteiger partial charge in [-0.15, -0.1) is 0 Å². The van der Waals surface area contributed by atoms with Crippen LogP contribution in [-0.4, -0.2) is 51.8 Å². The summed E-state index contributed by atoms with van der Waals surface area (Å²) in [5.74, 6) is 0.243. The zero-order valence-corrected chi connectivity index (χ0v) is 19.0. The van der Waals surface area contributed by atoms with Gasteiger partial charge in [-0.3, -0.25) is 19.6 Å². The topological polar surface area (TPSA) is 123 Å². The maximum Gasteiger partial charge on any atom is 0.257 e. The lowest BCUT2D eigenvalue weighted by molar-refractivity contribution is -0.142. The molecular weight excluding hydrogens is 448 g/mol. The summed E-state index contributed by atoms with van der Waals surface area (Å²) in [6, 6.07) is 12.6. The second-order valence-corrected chi connectivity index (χ2v) is 8.69. The van der Waals surface area contributed by atoms with Crippen molar-refractivity contribution in [1.29, 1.82) is 0 Å². The van der Waals surface area contributed by atoms with Crippen LogP contribution in [0, 0.1) is 0 Å². The fourth-order valence-corrected chi connectivity index (χ4v) is 4.65. The van der Waals surface area contributed by atoms with E-state index in [-0.39, 0.29) is 43.0 Å². The Kier molecular flexibility index (Phi) is 6.69. The van der Waals surface area contributed by atoms with Crippen molar-refractivity contribution in [2.24, 2.45) is 0 Å². The molecule has 1 fully saturated rings. The molecule has 1 saturated heterocycles. The number of amides is 2. The van der Waals surface area contributed by atoms with E-state index >= 15 is 0 Å². The molecule has 2 aliphatic heterocycles. The molecule has 0 aliphatic carbocycles. The van der Waals surface area contributed by atoms with E-state index in [1.807, 2.05) is 24.3 Å². The van der Waals surface area contributed by atoms with Gasteiger partial charge in [-0.2, -0.15) is 0 Å². The predicted molar refractivity (Wildman–Crippen MR) is 127 cm³/mol. The summed E-state index contributed by atoms with van der Waals surface area (Å²) < 4.78 is 12.1. The molecule has 0 bridgehead atoms. The number of hydrogen-bond donors (Lipinski definition) is 3. The highest BCUT2D eigenvalue weighted by Crippen LogP contribution is 2.47. The van der Waals surface area contributed by atoms with E-state index in [1.54, 1.807) is 36.8 Å². The third-order valence-electron chi connectivity index (χ3n) is 6.31. The van der Waals surface area contributed by atoms with E-state index < -0.39 is 6.10 Å². The van der Waals surface area contributed by atoms with Gasteiger partial charge in [0.1, 0.15) is 18.0 Å². The van der Waals surface area contributed by atoms with Crippen molar-refractivity contribution in [3.8, 4) is 5.75 Å². The zero-order chi connectivity index (χ0) is 24.2. The van der Waals surface area contributed by atoms with Crippen LogP contribution in [0.3, 0.4) is 0 Å². The first-order valence-corrected chi connectivity index (χ1v) is 11.5. The SMILES string of the molecule is O=C(C[C@H]1C[C@H]2c3cc(NC(=O)c4cccnc4)ccc3O[C@H]2[C@H](CO)O1)NCc1cccnc1. The molecule has 9 nitrogen and oxygen atoms in total. The monoisotopic (exact) mass is 474 g/mol. The minimum absolute atomic E-state index is 0.0673. The van der Waals surface area contributed by atoms with Crippen molar-refractivity contribution in [1.82, 2.24) is 15.3 Å². The number of pyridine rings is 2. The Morgan fingerprint density at radius 1 is 1.09 bits per heavy atom. The predicted octanol–water partition coefficient (Wildman–Crippen LogP) is 2.43. The molecule has 180 valence electrons. The zero-order valence-electron chi connectivity index (χ0n) is 19.0. The Labute approximate surface area is 202 Å². The summed E-state index contributed by atoms with van der Waals surface area (Å²) in [7, 11) is 0. The van der Waals surface area contributed by atoms with E-state index in [4.69, 9.17) is 9.47 Å². The van der Waals surface area contributed by atoms with Gasteiger partial charge in [-0.05, 0) is 48.4 Å². The minimum atomic E-state index is -0.550. The van der Waals surface area contributed by atoms with Crippen molar-refractivity contribution >= 4 is 17.5 Å². The fraction of sp³-hybridized carbons (Fsp3) is 0.308. The summed E-state index contributed by atoms with van der Waals surface area (Å²) in [4.78, 5) is 33.2. The molecular formula is C26H26N4O5. The number of carbonyl (C=O) groups excluding carboxylic acids is 2.